The van der Waals surface area contributed by atoms with Gasteiger partial charge in [-0.2, -0.15) is 13.2 Å². The van der Waals surface area contributed by atoms with Gasteiger partial charge in [0.05, 0.1) is 12.2 Å². The largest absolute Gasteiger partial charge is 0.416 e. The molecule has 0 radical (unpaired) electrons. The predicted molar refractivity (Wildman–Crippen MR) is 71.4 cm³/mol. The zero-order valence-corrected chi connectivity index (χ0v) is 11.2. The lowest BCUT2D eigenvalue weighted by Crippen LogP contribution is -2.42. The SMILES string of the molecule is NCc1cc(N(CCO)C2CCC2)ccc1C(F)(F)F. The maximum absolute atomic E-state index is 12.8. The molecule has 1 aliphatic rings. The maximum atomic E-state index is 12.8. The van der Waals surface area contributed by atoms with E-state index in [0.29, 0.717) is 18.3 Å². The molecule has 1 aromatic rings. The number of hydrogen-bond donors (Lipinski definition) is 2. The molecule has 0 unspecified atom stereocenters. The summed E-state index contributed by atoms with van der Waals surface area (Å²) in [6, 6.07) is 4.36. The van der Waals surface area contributed by atoms with E-state index in [-0.39, 0.29) is 18.7 Å². The predicted octanol–water partition coefficient (Wildman–Crippen LogP) is 2.52. The number of benzene rings is 1. The maximum Gasteiger partial charge on any atom is 0.416 e. The Morgan fingerprint density at radius 3 is 2.45 bits per heavy atom. The highest BCUT2D eigenvalue weighted by Gasteiger charge is 2.33. The van der Waals surface area contributed by atoms with E-state index in [1.165, 1.54) is 12.1 Å². The lowest BCUT2D eigenvalue weighted by atomic mass is 9.90. The number of halogens is 3. The van der Waals surface area contributed by atoms with E-state index >= 15 is 0 Å². The quantitative estimate of drug-likeness (QED) is 0.875. The molecule has 0 saturated heterocycles. The van der Waals surface area contributed by atoms with E-state index < -0.39 is 11.7 Å². The summed E-state index contributed by atoms with van der Waals surface area (Å²) in [6.07, 6.45) is -1.24. The molecule has 1 saturated carbocycles. The number of anilines is 1. The second kappa shape index (κ2) is 6.01. The molecule has 0 aliphatic heterocycles. The van der Waals surface area contributed by atoms with Crippen molar-refractivity contribution in [2.24, 2.45) is 5.73 Å². The fraction of sp³-hybridized carbons (Fsp3) is 0.571. The van der Waals surface area contributed by atoms with Gasteiger partial charge in [-0.3, -0.25) is 0 Å². The summed E-state index contributed by atoms with van der Waals surface area (Å²) in [5.41, 5.74) is 5.57. The van der Waals surface area contributed by atoms with E-state index in [1.807, 2.05) is 4.90 Å². The Labute approximate surface area is 116 Å². The normalized spacial score (nSPS) is 16.1. The van der Waals surface area contributed by atoms with E-state index in [9.17, 15) is 13.2 Å². The minimum absolute atomic E-state index is 0.0184. The van der Waals surface area contributed by atoms with Crippen LogP contribution >= 0.6 is 0 Å². The molecule has 3 N–H and O–H groups in total. The second-order valence-electron chi connectivity index (χ2n) is 5.05. The van der Waals surface area contributed by atoms with Gasteiger partial charge >= 0.3 is 6.18 Å². The van der Waals surface area contributed by atoms with Gasteiger partial charge in [-0.05, 0) is 43.0 Å². The summed E-state index contributed by atoms with van der Waals surface area (Å²) in [5.74, 6) is 0. The third-order valence-electron chi connectivity index (χ3n) is 3.80. The number of rotatable bonds is 5. The van der Waals surface area contributed by atoms with Crippen LogP contribution in [0.4, 0.5) is 18.9 Å². The van der Waals surface area contributed by atoms with Crippen molar-refractivity contribution < 1.29 is 18.3 Å². The Bertz CT molecular complexity index is 458. The molecule has 3 nitrogen and oxygen atoms in total. The van der Waals surface area contributed by atoms with Gasteiger partial charge in [-0.25, -0.2) is 0 Å². The first-order valence-electron chi connectivity index (χ1n) is 6.75. The highest BCUT2D eigenvalue weighted by atomic mass is 19.4. The van der Waals surface area contributed by atoms with Crippen molar-refractivity contribution in [3.63, 3.8) is 0 Å². The molecule has 1 aromatic carbocycles. The monoisotopic (exact) mass is 288 g/mol. The molecular weight excluding hydrogens is 269 g/mol. The van der Waals surface area contributed by atoms with Crippen molar-refractivity contribution in [3.05, 3.63) is 29.3 Å². The average Bonchev–Trinajstić information content (AvgIpc) is 2.34. The molecule has 0 bridgehead atoms. The lowest BCUT2D eigenvalue weighted by molar-refractivity contribution is -0.138. The zero-order valence-electron chi connectivity index (χ0n) is 11.2. The molecule has 1 aliphatic carbocycles. The van der Waals surface area contributed by atoms with Crippen molar-refractivity contribution in [3.8, 4) is 0 Å². The fourth-order valence-corrected chi connectivity index (χ4v) is 2.53. The Morgan fingerprint density at radius 1 is 1.30 bits per heavy atom. The first-order chi connectivity index (χ1) is 9.47. The van der Waals surface area contributed by atoms with E-state index in [2.05, 4.69) is 0 Å². The smallest absolute Gasteiger partial charge is 0.395 e. The Hall–Kier alpha value is -1.27. The Kier molecular flexibility index (Phi) is 4.55. The topological polar surface area (TPSA) is 49.5 Å². The minimum Gasteiger partial charge on any atom is -0.395 e. The summed E-state index contributed by atoms with van der Waals surface area (Å²) in [6.45, 7) is 0.260. The van der Waals surface area contributed by atoms with Crippen LogP contribution in [0.1, 0.15) is 30.4 Å². The zero-order chi connectivity index (χ0) is 14.8. The molecule has 0 amide bonds. The summed E-state index contributed by atoms with van der Waals surface area (Å²) >= 11 is 0. The third kappa shape index (κ3) is 3.07. The number of aliphatic hydroxyl groups excluding tert-OH is 1. The van der Waals surface area contributed by atoms with Crippen LogP contribution in [-0.4, -0.2) is 24.3 Å². The molecule has 112 valence electrons. The van der Waals surface area contributed by atoms with E-state index in [1.54, 1.807) is 0 Å². The van der Waals surface area contributed by atoms with Gasteiger partial charge in [-0.1, -0.05) is 0 Å². The summed E-state index contributed by atoms with van der Waals surface area (Å²) in [7, 11) is 0. The van der Waals surface area contributed by atoms with Crippen LogP contribution in [0.5, 0.6) is 0 Å². The molecule has 0 heterocycles. The average molecular weight is 288 g/mol. The van der Waals surface area contributed by atoms with Crippen LogP contribution in [0.3, 0.4) is 0 Å². The number of alkyl halides is 3. The van der Waals surface area contributed by atoms with Crippen LogP contribution in [-0.2, 0) is 12.7 Å². The van der Waals surface area contributed by atoms with Crippen molar-refractivity contribution >= 4 is 5.69 Å². The Balaban J connectivity index is 2.31. The molecule has 6 heteroatoms. The van der Waals surface area contributed by atoms with Crippen LogP contribution in [0, 0.1) is 0 Å². The van der Waals surface area contributed by atoms with Crippen molar-refractivity contribution in [1.29, 1.82) is 0 Å². The number of aliphatic hydroxyl groups is 1. The summed E-state index contributed by atoms with van der Waals surface area (Å²) < 4.78 is 38.5. The number of hydrogen-bond acceptors (Lipinski definition) is 3. The molecule has 2 rings (SSSR count). The van der Waals surface area contributed by atoms with E-state index in [4.69, 9.17) is 10.8 Å². The highest BCUT2D eigenvalue weighted by molar-refractivity contribution is 5.53. The number of nitrogens with two attached hydrogens (primary N) is 1. The van der Waals surface area contributed by atoms with Gasteiger partial charge < -0.3 is 15.7 Å². The van der Waals surface area contributed by atoms with Crippen molar-refractivity contribution in [1.82, 2.24) is 0 Å². The number of nitrogens with zero attached hydrogens (tertiary/aromatic N) is 1. The molecule has 0 aromatic heterocycles. The van der Waals surface area contributed by atoms with Crippen molar-refractivity contribution in [2.45, 2.75) is 38.0 Å². The lowest BCUT2D eigenvalue weighted by Gasteiger charge is -2.39. The Morgan fingerprint density at radius 2 is 2.00 bits per heavy atom. The molecule has 1 fully saturated rings. The fourth-order valence-electron chi connectivity index (χ4n) is 2.53. The van der Waals surface area contributed by atoms with Crippen LogP contribution in [0.2, 0.25) is 0 Å². The minimum atomic E-state index is -4.38. The standard InChI is InChI=1S/C14H19F3N2O/c15-14(16,17)13-5-4-12(8-10(13)9-18)19(6-7-20)11-2-1-3-11/h4-5,8,11,20H,1-3,6-7,9,18H2. The van der Waals surface area contributed by atoms with Gasteiger partial charge in [0.15, 0.2) is 0 Å². The second-order valence-corrected chi connectivity index (χ2v) is 5.05. The van der Waals surface area contributed by atoms with Crippen molar-refractivity contribution in [2.75, 3.05) is 18.1 Å². The van der Waals surface area contributed by atoms with Crippen LogP contribution in [0.15, 0.2) is 18.2 Å². The molecule has 0 spiro atoms. The molecular formula is C14H19F3N2O. The first kappa shape index (κ1) is 15.1. The van der Waals surface area contributed by atoms with E-state index in [0.717, 1.165) is 25.3 Å². The van der Waals surface area contributed by atoms with Crippen LogP contribution < -0.4 is 10.6 Å². The highest BCUT2D eigenvalue weighted by Crippen LogP contribution is 2.35. The first-order valence-corrected chi connectivity index (χ1v) is 6.75. The third-order valence-corrected chi connectivity index (χ3v) is 3.80. The van der Waals surface area contributed by atoms with Gasteiger partial charge in [-0.15, -0.1) is 0 Å². The van der Waals surface area contributed by atoms with Gasteiger partial charge in [0.2, 0.25) is 0 Å². The van der Waals surface area contributed by atoms with Crippen LogP contribution in [0.25, 0.3) is 0 Å². The summed E-state index contributed by atoms with van der Waals surface area (Å²) in [5, 5.41) is 9.13. The van der Waals surface area contributed by atoms with Gasteiger partial charge in [0.25, 0.3) is 0 Å². The van der Waals surface area contributed by atoms with Gasteiger partial charge in [0.1, 0.15) is 0 Å². The summed E-state index contributed by atoms with van der Waals surface area (Å²) in [4.78, 5) is 1.98. The molecule has 0 atom stereocenters. The molecule has 20 heavy (non-hydrogen) atoms. The van der Waals surface area contributed by atoms with Gasteiger partial charge in [0, 0.05) is 24.8 Å².